The number of amides is 1. The molecule has 0 saturated carbocycles. The highest BCUT2D eigenvalue weighted by Crippen LogP contribution is 2.18. The molecule has 0 bridgehead atoms. The summed E-state index contributed by atoms with van der Waals surface area (Å²) in [7, 11) is 1.30. The molecule has 7 heteroatoms. The molecule has 0 atom stereocenters. The van der Waals surface area contributed by atoms with E-state index in [2.05, 4.69) is 15.4 Å². The molecule has 1 aromatic carbocycles. The van der Waals surface area contributed by atoms with E-state index in [4.69, 9.17) is 4.74 Å². The van der Waals surface area contributed by atoms with Gasteiger partial charge in [0.05, 0.1) is 18.4 Å². The second-order valence-electron chi connectivity index (χ2n) is 4.18. The Bertz CT molecular complexity index is 623. The van der Waals surface area contributed by atoms with Gasteiger partial charge in [-0.25, -0.2) is 14.5 Å². The Morgan fingerprint density at radius 1 is 1.40 bits per heavy atom. The van der Waals surface area contributed by atoms with Crippen LogP contribution >= 0.6 is 0 Å². The average Bonchev–Trinajstić information content (AvgIpc) is 2.92. The first-order valence-corrected chi connectivity index (χ1v) is 5.91. The number of methoxy groups -OCH3 is 1. The van der Waals surface area contributed by atoms with Gasteiger partial charge in [-0.05, 0) is 19.1 Å². The highest BCUT2D eigenvalue weighted by molar-refractivity contribution is 6.01. The number of benzene rings is 1. The normalized spacial score (nSPS) is 10.1. The number of hydrogen-bond donors (Lipinski definition) is 1. The summed E-state index contributed by atoms with van der Waals surface area (Å²) in [6, 6.07) is 5.13. The molecule has 1 aromatic heterocycles. The molecule has 0 spiro atoms. The van der Waals surface area contributed by atoms with Crippen LogP contribution in [0.1, 0.15) is 15.9 Å². The van der Waals surface area contributed by atoms with Crippen LogP contribution in [0.15, 0.2) is 30.9 Å². The molecule has 1 heterocycles. The third-order valence-electron chi connectivity index (χ3n) is 2.63. The third kappa shape index (κ3) is 3.19. The van der Waals surface area contributed by atoms with Crippen LogP contribution in [0.25, 0.3) is 0 Å². The molecule has 0 fully saturated rings. The van der Waals surface area contributed by atoms with Crippen molar-refractivity contribution in [1.29, 1.82) is 0 Å². The lowest BCUT2D eigenvalue weighted by Gasteiger charge is -2.10. The minimum Gasteiger partial charge on any atom is -0.465 e. The van der Waals surface area contributed by atoms with Gasteiger partial charge in [-0.3, -0.25) is 4.79 Å². The lowest BCUT2D eigenvalue weighted by Crippen LogP contribution is -2.20. The van der Waals surface area contributed by atoms with E-state index in [-0.39, 0.29) is 12.5 Å². The van der Waals surface area contributed by atoms with Gasteiger partial charge in [0.25, 0.3) is 0 Å². The highest BCUT2D eigenvalue weighted by Gasteiger charge is 2.14. The van der Waals surface area contributed by atoms with Crippen molar-refractivity contribution in [2.75, 3.05) is 12.4 Å². The maximum absolute atomic E-state index is 11.9. The first-order valence-electron chi connectivity index (χ1n) is 5.91. The maximum atomic E-state index is 11.9. The van der Waals surface area contributed by atoms with Crippen molar-refractivity contribution in [1.82, 2.24) is 14.8 Å². The number of aromatic nitrogens is 3. The Morgan fingerprint density at radius 2 is 2.20 bits per heavy atom. The Labute approximate surface area is 115 Å². The van der Waals surface area contributed by atoms with E-state index in [1.807, 2.05) is 6.92 Å². The van der Waals surface area contributed by atoms with Gasteiger partial charge in [-0.1, -0.05) is 11.6 Å². The fourth-order valence-corrected chi connectivity index (χ4v) is 1.70. The summed E-state index contributed by atoms with van der Waals surface area (Å²) in [5.74, 6) is -0.797. The Hall–Kier alpha value is -2.70. The van der Waals surface area contributed by atoms with Gasteiger partial charge in [-0.15, -0.1) is 0 Å². The van der Waals surface area contributed by atoms with E-state index in [0.29, 0.717) is 11.3 Å². The molecule has 7 nitrogen and oxygen atoms in total. The van der Waals surface area contributed by atoms with E-state index in [1.54, 1.807) is 18.2 Å². The largest absolute Gasteiger partial charge is 0.465 e. The number of rotatable bonds is 4. The second-order valence-corrected chi connectivity index (χ2v) is 4.18. The van der Waals surface area contributed by atoms with Crippen molar-refractivity contribution >= 4 is 17.6 Å². The van der Waals surface area contributed by atoms with Crippen molar-refractivity contribution in [3.05, 3.63) is 42.0 Å². The third-order valence-corrected chi connectivity index (χ3v) is 2.63. The SMILES string of the molecule is COC(=O)c1cc(C)ccc1NC(=O)Cn1cncn1. The summed E-state index contributed by atoms with van der Waals surface area (Å²) in [6.07, 6.45) is 2.79. The lowest BCUT2D eigenvalue weighted by molar-refractivity contribution is -0.116. The van der Waals surface area contributed by atoms with Crippen LogP contribution in [0.3, 0.4) is 0 Å². The molecular formula is C13H14N4O3. The molecule has 2 rings (SSSR count). The number of esters is 1. The van der Waals surface area contributed by atoms with Crippen LogP contribution in [0.4, 0.5) is 5.69 Å². The van der Waals surface area contributed by atoms with Crippen molar-refractivity contribution in [2.24, 2.45) is 0 Å². The molecule has 0 unspecified atom stereocenters. The highest BCUT2D eigenvalue weighted by atomic mass is 16.5. The topological polar surface area (TPSA) is 86.1 Å². The average molecular weight is 274 g/mol. The summed E-state index contributed by atoms with van der Waals surface area (Å²) in [5, 5.41) is 6.50. The van der Waals surface area contributed by atoms with Crippen LogP contribution in [-0.4, -0.2) is 33.8 Å². The minimum absolute atomic E-state index is 0.0223. The zero-order valence-corrected chi connectivity index (χ0v) is 11.2. The molecule has 1 amide bonds. The van der Waals surface area contributed by atoms with Crippen LogP contribution in [0.5, 0.6) is 0 Å². The lowest BCUT2D eigenvalue weighted by atomic mass is 10.1. The molecule has 0 aliphatic rings. The number of nitrogens with zero attached hydrogens (tertiary/aromatic N) is 3. The molecule has 0 saturated heterocycles. The second kappa shape index (κ2) is 5.96. The summed E-state index contributed by atoms with van der Waals surface area (Å²) in [6.45, 7) is 1.88. The van der Waals surface area contributed by atoms with Crippen molar-refractivity contribution < 1.29 is 14.3 Å². The van der Waals surface area contributed by atoms with E-state index >= 15 is 0 Å². The smallest absolute Gasteiger partial charge is 0.339 e. The number of hydrogen-bond acceptors (Lipinski definition) is 5. The molecule has 1 N–H and O–H groups in total. The Kier molecular flexibility index (Phi) is 4.09. The predicted octanol–water partition coefficient (Wildman–Crippen LogP) is 1.01. The molecule has 2 aromatic rings. The zero-order chi connectivity index (χ0) is 14.5. The summed E-state index contributed by atoms with van der Waals surface area (Å²) in [5.41, 5.74) is 1.63. The van der Waals surface area contributed by atoms with Gasteiger partial charge in [0, 0.05) is 0 Å². The minimum atomic E-state index is -0.496. The zero-order valence-electron chi connectivity index (χ0n) is 11.2. The quantitative estimate of drug-likeness (QED) is 0.841. The van der Waals surface area contributed by atoms with E-state index < -0.39 is 5.97 Å². The number of carbonyl (C=O) groups is 2. The molecule has 0 radical (unpaired) electrons. The van der Waals surface area contributed by atoms with E-state index in [1.165, 1.54) is 24.4 Å². The standard InChI is InChI=1S/C13H14N4O3/c1-9-3-4-11(10(5-9)13(19)20-2)16-12(18)6-17-8-14-7-15-17/h3-5,7-8H,6H2,1-2H3,(H,16,18). The predicted molar refractivity (Wildman–Crippen MR) is 71.2 cm³/mol. The van der Waals surface area contributed by atoms with Gasteiger partial charge in [0.1, 0.15) is 19.2 Å². The molecule has 20 heavy (non-hydrogen) atoms. The number of anilines is 1. The van der Waals surface area contributed by atoms with Crippen molar-refractivity contribution in [3.8, 4) is 0 Å². The fourth-order valence-electron chi connectivity index (χ4n) is 1.70. The van der Waals surface area contributed by atoms with Crippen LogP contribution in [0, 0.1) is 6.92 Å². The van der Waals surface area contributed by atoms with Gasteiger partial charge in [0.2, 0.25) is 5.91 Å². The molecule has 0 aliphatic carbocycles. The number of carbonyl (C=O) groups excluding carboxylic acids is 2. The van der Waals surface area contributed by atoms with Crippen LogP contribution in [0.2, 0.25) is 0 Å². The van der Waals surface area contributed by atoms with E-state index in [0.717, 1.165) is 5.56 Å². The molecule has 0 aliphatic heterocycles. The van der Waals surface area contributed by atoms with Crippen molar-refractivity contribution in [2.45, 2.75) is 13.5 Å². The van der Waals surface area contributed by atoms with Crippen LogP contribution < -0.4 is 5.32 Å². The van der Waals surface area contributed by atoms with Gasteiger partial charge < -0.3 is 10.1 Å². The molecular weight excluding hydrogens is 260 g/mol. The van der Waals surface area contributed by atoms with Gasteiger partial charge >= 0.3 is 5.97 Å². The van der Waals surface area contributed by atoms with Gasteiger partial charge in [-0.2, -0.15) is 5.10 Å². The summed E-state index contributed by atoms with van der Waals surface area (Å²) in [4.78, 5) is 27.3. The van der Waals surface area contributed by atoms with E-state index in [9.17, 15) is 9.59 Å². The maximum Gasteiger partial charge on any atom is 0.339 e. The first kappa shape index (κ1) is 13.7. The first-order chi connectivity index (χ1) is 9.60. The van der Waals surface area contributed by atoms with Crippen molar-refractivity contribution in [3.63, 3.8) is 0 Å². The molecule has 104 valence electrons. The van der Waals surface area contributed by atoms with Crippen LogP contribution in [-0.2, 0) is 16.1 Å². The van der Waals surface area contributed by atoms with Gasteiger partial charge in [0.15, 0.2) is 0 Å². The number of aryl methyl sites for hydroxylation is 1. The Morgan fingerprint density at radius 3 is 2.85 bits per heavy atom. The number of nitrogens with one attached hydrogen (secondary N) is 1. The monoisotopic (exact) mass is 274 g/mol. The number of ether oxygens (including phenoxy) is 1. The summed E-state index contributed by atoms with van der Waals surface area (Å²) >= 11 is 0. The Balaban J connectivity index is 2.16. The summed E-state index contributed by atoms with van der Waals surface area (Å²) < 4.78 is 6.09. The fraction of sp³-hybridized carbons (Fsp3) is 0.231.